The van der Waals surface area contributed by atoms with Crippen LogP contribution in [0.2, 0.25) is 0 Å². The third-order valence-corrected chi connectivity index (χ3v) is 3.58. The Labute approximate surface area is 122 Å². The number of hydrogen-bond donors (Lipinski definition) is 2. The van der Waals surface area contributed by atoms with Crippen molar-refractivity contribution in [2.24, 2.45) is 5.41 Å². The molecule has 116 valence electrons. The van der Waals surface area contributed by atoms with Crippen LogP contribution in [-0.4, -0.2) is 41.5 Å². The van der Waals surface area contributed by atoms with Crippen LogP contribution in [0.25, 0.3) is 0 Å². The SMILES string of the molecule is C[C@@H](C(=O)NC(=O)NC(C)(C)C)N1CCCC(C)(C)C1. The minimum absolute atomic E-state index is 0.232. The summed E-state index contributed by atoms with van der Waals surface area (Å²) in [6.07, 6.45) is 2.28. The Hall–Kier alpha value is -1.10. The Balaban J connectivity index is 2.52. The highest BCUT2D eigenvalue weighted by Crippen LogP contribution is 2.29. The number of amides is 3. The second-order valence-electron chi connectivity index (χ2n) is 7.61. The molecule has 1 fully saturated rings. The Kier molecular flexibility index (Phi) is 5.19. The van der Waals surface area contributed by atoms with Gasteiger partial charge in [0.15, 0.2) is 0 Å². The zero-order valence-corrected chi connectivity index (χ0v) is 13.7. The molecule has 1 rings (SSSR count). The molecule has 0 aromatic heterocycles. The van der Waals surface area contributed by atoms with Gasteiger partial charge >= 0.3 is 6.03 Å². The predicted octanol–water partition coefficient (Wildman–Crippen LogP) is 2.12. The number of carbonyl (C=O) groups is 2. The molecule has 0 unspecified atom stereocenters. The van der Waals surface area contributed by atoms with E-state index in [9.17, 15) is 9.59 Å². The van der Waals surface area contributed by atoms with Gasteiger partial charge in [-0.1, -0.05) is 13.8 Å². The van der Waals surface area contributed by atoms with E-state index in [1.807, 2.05) is 27.7 Å². The second-order valence-corrected chi connectivity index (χ2v) is 7.61. The normalized spacial score (nSPS) is 21.1. The fourth-order valence-corrected chi connectivity index (χ4v) is 2.55. The summed E-state index contributed by atoms with van der Waals surface area (Å²) < 4.78 is 0. The van der Waals surface area contributed by atoms with E-state index in [-0.39, 0.29) is 22.9 Å². The summed E-state index contributed by atoms with van der Waals surface area (Å²) in [4.78, 5) is 26.0. The van der Waals surface area contributed by atoms with E-state index in [4.69, 9.17) is 0 Å². The maximum absolute atomic E-state index is 12.1. The molecule has 1 heterocycles. The van der Waals surface area contributed by atoms with Crippen molar-refractivity contribution in [1.29, 1.82) is 0 Å². The first kappa shape index (κ1) is 17.0. The van der Waals surface area contributed by atoms with Crippen LogP contribution in [0.4, 0.5) is 4.79 Å². The third-order valence-electron chi connectivity index (χ3n) is 3.58. The van der Waals surface area contributed by atoms with Gasteiger partial charge in [-0.3, -0.25) is 15.0 Å². The van der Waals surface area contributed by atoms with Gasteiger partial charge in [-0.25, -0.2) is 4.79 Å². The molecule has 1 aliphatic heterocycles. The van der Waals surface area contributed by atoms with Crippen LogP contribution in [0.5, 0.6) is 0 Å². The van der Waals surface area contributed by atoms with Gasteiger partial charge in [0.1, 0.15) is 0 Å². The summed E-state index contributed by atoms with van der Waals surface area (Å²) in [5, 5.41) is 5.16. The maximum atomic E-state index is 12.1. The van der Waals surface area contributed by atoms with E-state index in [1.54, 1.807) is 0 Å². The summed E-state index contributed by atoms with van der Waals surface area (Å²) in [7, 11) is 0. The number of carbonyl (C=O) groups excluding carboxylic acids is 2. The van der Waals surface area contributed by atoms with E-state index in [0.29, 0.717) is 0 Å². The maximum Gasteiger partial charge on any atom is 0.321 e. The van der Waals surface area contributed by atoms with Gasteiger partial charge in [0.2, 0.25) is 5.91 Å². The zero-order valence-electron chi connectivity index (χ0n) is 13.7. The molecular formula is C15H29N3O2. The molecule has 2 N–H and O–H groups in total. The lowest BCUT2D eigenvalue weighted by molar-refractivity contribution is -0.125. The molecule has 0 aliphatic carbocycles. The summed E-state index contributed by atoms with van der Waals surface area (Å²) in [6.45, 7) is 13.8. The van der Waals surface area contributed by atoms with Crippen LogP contribution in [0.15, 0.2) is 0 Å². The van der Waals surface area contributed by atoms with Gasteiger partial charge in [-0.15, -0.1) is 0 Å². The number of hydrogen-bond acceptors (Lipinski definition) is 3. The first-order valence-electron chi connectivity index (χ1n) is 7.37. The molecule has 0 bridgehead atoms. The highest BCUT2D eigenvalue weighted by molar-refractivity contribution is 5.97. The Morgan fingerprint density at radius 2 is 1.85 bits per heavy atom. The van der Waals surface area contributed by atoms with Crippen LogP contribution in [0, 0.1) is 5.41 Å². The Morgan fingerprint density at radius 1 is 1.25 bits per heavy atom. The third kappa shape index (κ3) is 5.49. The van der Waals surface area contributed by atoms with Crippen molar-refractivity contribution in [3.8, 4) is 0 Å². The lowest BCUT2D eigenvalue weighted by atomic mass is 9.83. The van der Waals surface area contributed by atoms with Crippen LogP contribution in [0.1, 0.15) is 54.4 Å². The van der Waals surface area contributed by atoms with Crippen LogP contribution >= 0.6 is 0 Å². The summed E-state index contributed by atoms with van der Waals surface area (Å²) in [5.41, 5.74) is -0.110. The topological polar surface area (TPSA) is 61.4 Å². The van der Waals surface area contributed by atoms with E-state index < -0.39 is 6.03 Å². The minimum atomic E-state index is -0.425. The van der Waals surface area contributed by atoms with Crippen molar-refractivity contribution in [3.63, 3.8) is 0 Å². The first-order chi connectivity index (χ1) is 9.00. The van der Waals surface area contributed by atoms with Crippen molar-refractivity contribution < 1.29 is 9.59 Å². The van der Waals surface area contributed by atoms with Gasteiger partial charge in [0, 0.05) is 12.1 Å². The number of rotatable bonds is 2. The number of imide groups is 1. The molecule has 0 aromatic carbocycles. The average Bonchev–Trinajstić information content (AvgIpc) is 2.23. The molecule has 0 saturated carbocycles. The number of nitrogens with zero attached hydrogens (tertiary/aromatic N) is 1. The van der Waals surface area contributed by atoms with E-state index in [0.717, 1.165) is 19.5 Å². The van der Waals surface area contributed by atoms with Crippen molar-refractivity contribution >= 4 is 11.9 Å². The van der Waals surface area contributed by atoms with E-state index in [1.165, 1.54) is 6.42 Å². The Morgan fingerprint density at radius 3 is 2.35 bits per heavy atom. The number of nitrogens with one attached hydrogen (secondary N) is 2. The highest BCUT2D eigenvalue weighted by atomic mass is 16.2. The lowest BCUT2D eigenvalue weighted by Gasteiger charge is -2.40. The van der Waals surface area contributed by atoms with Crippen molar-refractivity contribution in [3.05, 3.63) is 0 Å². The number of piperidine rings is 1. The van der Waals surface area contributed by atoms with E-state index in [2.05, 4.69) is 29.4 Å². The van der Waals surface area contributed by atoms with Crippen LogP contribution in [-0.2, 0) is 4.79 Å². The quantitative estimate of drug-likeness (QED) is 0.816. The summed E-state index contributed by atoms with van der Waals surface area (Å²) >= 11 is 0. The molecule has 0 aromatic rings. The molecule has 1 saturated heterocycles. The largest absolute Gasteiger partial charge is 0.333 e. The molecule has 3 amide bonds. The monoisotopic (exact) mass is 283 g/mol. The lowest BCUT2D eigenvalue weighted by Crippen LogP contribution is -2.55. The smallest absolute Gasteiger partial charge is 0.321 e. The fourth-order valence-electron chi connectivity index (χ4n) is 2.55. The molecule has 0 radical (unpaired) electrons. The molecule has 5 nitrogen and oxygen atoms in total. The fraction of sp³-hybridized carbons (Fsp3) is 0.867. The number of urea groups is 1. The molecule has 1 atom stereocenters. The van der Waals surface area contributed by atoms with Crippen molar-refractivity contribution in [2.45, 2.75) is 66.0 Å². The molecule has 20 heavy (non-hydrogen) atoms. The predicted molar refractivity (Wildman–Crippen MR) is 80.5 cm³/mol. The first-order valence-corrected chi connectivity index (χ1v) is 7.37. The summed E-state index contributed by atoms with van der Waals surface area (Å²) in [5.74, 6) is -0.232. The minimum Gasteiger partial charge on any atom is -0.333 e. The zero-order chi connectivity index (χ0) is 15.6. The number of likely N-dealkylation sites (tertiary alicyclic amines) is 1. The summed E-state index contributed by atoms with van der Waals surface area (Å²) in [6, 6.07) is -0.703. The van der Waals surface area contributed by atoms with E-state index >= 15 is 0 Å². The molecule has 1 aliphatic rings. The van der Waals surface area contributed by atoms with Crippen molar-refractivity contribution in [2.75, 3.05) is 13.1 Å². The highest BCUT2D eigenvalue weighted by Gasteiger charge is 2.32. The van der Waals surface area contributed by atoms with Crippen LogP contribution in [0.3, 0.4) is 0 Å². The molecule has 5 heteroatoms. The molecule has 0 spiro atoms. The van der Waals surface area contributed by atoms with Gasteiger partial charge in [0.05, 0.1) is 6.04 Å². The Bertz CT molecular complexity index is 372. The van der Waals surface area contributed by atoms with Gasteiger partial charge in [-0.05, 0) is 52.5 Å². The average molecular weight is 283 g/mol. The van der Waals surface area contributed by atoms with Crippen LogP contribution < -0.4 is 10.6 Å². The van der Waals surface area contributed by atoms with Gasteiger partial charge in [-0.2, -0.15) is 0 Å². The van der Waals surface area contributed by atoms with Crippen molar-refractivity contribution in [1.82, 2.24) is 15.5 Å². The molecular weight excluding hydrogens is 254 g/mol. The standard InChI is InChI=1S/C15H29N3O2/c1-11(18-9-7-8-15(5,6)10-18)12(19)16-13(20)17-14(2,3)4/h11H,7-10H2,1-6H3,(H2,16,17,19,20)/t11-/m0/s1. The second kappa shape index (κ2) is 6.12. The van der Waals surface area contributed by atoms with Gasteiger partial charge < -0.3 is 5.32 Å². The van der Waals surface area contributed by atoms with Gasteiger partial charge in [0.25, 0.3) is 0 Å².